The van der Waals surface area contributed by atoms with Crippen LogP contribution in [0.4, 0.5) is 0 Å². The lowest BCUT2D eigenvalue weighted by molar-refractivity contribution is 0.540. The van der Waals surface area contributed by atoms with Crippen LogP contribution in [-0.4, -0.2) is 4.98 Å². The Balaban J connectivity index is 2.56. The molecule has 0 saturated heterocycles. The molecule has 0 aliphatic heterocycles. The van der Waals surface area contributed by atoms with Gasteiger partial charge >= 0.3 is 0 Å². The van der Waals surface area contributed by atoms with Gasteiger partial charge in [0.05, 0.1) is 5.54 Å². The summed E-state index contributed by atoms with van der Waals surface area (Å²) in [5.74, 6) is 0. The van der Waals surface area contributed by atoms with Crippen molar-refractivity contribution in [2.75, 3.05) is 0 Å². The van der Waals surface area contributed by atoms with E-state index in [1.807, 2.05) is 13.8 Å². The Labute approximate surface area is 103 Å². The first kappa shape index (κ1) is 12.2. The highest BCUT2D eigenvalue weighted by Crippen LogP contribution is 2.28. The van der Waals surface area contributed by atoms with Gasteiger partial charge in [0.15, 0.2) is 0 Å². The molecule has 0 radical (unpaired) electrons. The predicted octanol–water partition coefficient (Wildman–Crippen LogP) is 3.66. The Kier molecular flexibility index (Phi) is 2.58. The van der Waals surface area contributed by atoms with Crippen LogP contribution in [-0.2, 0) is 11.0 Å². The molecule has 2 heteroatoms. The van der Waals surface area contributed by atoms with Crippen molar-refractivity contribution in [3.8, 4) is 0 Å². The molecule has 0 fully saturated rings. The maximum absolute atomic E-state index is 6.11. The van der Waals surface area contributed by atoms with E-state index in [-0.39, 0.29) is 11.0 Å². The highest BCUT2D eigenvalue weighted by Gasteiger charge is 2.18. The molecule has 0 unspecified atom stereocenters. The summed E-state index contributed by atoms with van der Waals surface area (Å²) in [4.78, 5) is 3.39. The summed E-state index contributed by atoms with van der Waals surface area (Å²) in [6, 6.07) is 8.74. The van der Waals surface area contributed by atoms with Crippen LogP contribution in [0.15, 0.2) is 24.3 Å². The lowest BCUT2D eigenvalue weighted by Crippen LogP contribution is -2.28. The number of hydrogen-bond acceptors (Lipinski definition) is 1. The fraction of sp³-hybridized carbons (Fsp3) is 0.467. The summed E-state index contributed by atoms with van der Waals surface area (Å²) in [6.07, 6.45) is 0. The summed E-state index contributed by atoms with van der Waals surface area (Å²) < 4.78 is 0. The maximum Gasteiger partial charge on any atom is 0.0504 e. The second-order valence-electron chi connectivity index (χ2n) is 6.46. The number of fused-ring (bicyclic) bond motifs is 1. The zero-order chi connectivity index (χ0) is 12.8. The van der Waals surface area contributed by atoms with E-state index in [1.165, 1.54) is 10.9 Å². The zero-order valence-corrected chi connectivity index (χ0v) is 11.4. The number of hydrogen-bond donors (Lipinski definition) is 2. The van der Waals surface area contributed by atoms with Gasteiger partial charge in [0.25, 0.3) is 0 Å². The van der Waals surface area contributed by atoms with E-state index < -0.39 is 0 Å². The van der Waals surface area contributed by atoms with Gasteiger partial charge in [-0.1, -0.05) is 26.8 Å². The van der Waals surface area contributed by atoms with Gasteiger partial charge in [0.1, 0.15) is 0 Å². The number of benzene rings is 1. The van der Waals surface area contributed by atoms with Gasteiger partial charge in [-0.25, -0.2) is 0 Å². The first-order valence-corrected chi connectivity index (χ1v) is 6.10. The average molecular weight is 230 g/mol. The number of rotatable bonds is 1. The van der Waals surface area contributed by atoms with Crippen LogP contribution in [0.3, 0.4) is 0 Å². The first-order chi connectivity index (χ1) is 7.68. The minimum Gasteiger partial charge on any atom is -0.357 e. The van der Waals surface area contributed by atoms with Gasteiger partial charge < -0.3 is 10.7 Å². The van der Waals surface area contributed by atoms with Gasteiger partial charge in [-0.3, -0.25) is 0 Å². The molecule has 0 aliphatic rings. The van der Waals surface area contributed by atoms with Crippen molar-refractivity contribution < 1.29 is 0 Å². The number of H-pyrrole nitrogens is 1. The standard InChI is InChI=1S/C15H22N2/c1-14(2,3)11-6-7-12-10(8-11)9-13(17-12)15(4,5)16/h6-9,17H,16H2,1-5H3. The van der Waals surface area contributed by atoms with Crippen molar-refractivity contribution in [3.63, 3.8) is 0 Å². The SMILES string of the molecule is CC(C)(C)c1ccc2[nH]c(C(C)(C)N)cc2c1. The zero-order valence-electron chi connectivity index (χ0n) is 11.4. The summed E-state index contributed by atoms with van der Waals surface area (Å²) in [6.45, 7) is 10.7. The summed E-state index contributed by atoms with van der Waals surface area (Å²) in [5, 5.41) is 1.24. The van der Waals surface area contributed by atoms with Crippen molar-refractivity contribution in [3.05, 3.63) is 35.5 Å². The molecule has 0 aliphatic carbocycles. The van der Waals surface area contributed by atoms with Crippen LogP contribution in [0.5, 0.6) is 0 Å². The second kappa shape index (κ2) is 3.61. The van der Waals surface area contributed by atoms with Crippen molar-refractivity contribution >= 4 is 10.9 Å². The van der Waals surface area contributed by atoms with Gasteiger partial charge in [-0.15, -0.1) is 0 Å². The molecule has 2 nitrogen and oxygen atoms in total. The molecule has 17 heavy (non-hydrogen) atoms. The summed E-state index contributed by atoms with van der Waals surface area (Å²) in [7, 11) is 0. The minimum absolute atomic E-state index is 0.184. The third-order valence-electron chi connectivity index (χ3n) is 3.18. The van der Waals surface area contributed by atoms with Crippen LogP contribution in [0, 0.1) is 0 Å². The number of aromatic amines is 1. The molecular weight excluding hydrogens is 208 g/mol. The molecule has 1 aromatic carbocycles. The van der Waals surface area contributed by atoms with E-state index >= 15 is 0 Å². The van der Waals surface area contributed by atoms with Crippen molar-refractivity contribution in [2.45, 2.75) is 45.6 Å². The molecule has 0 atom stereocenters. The molecule has 0 amide bonds. The lowest BCUT2D eigenvalue weighted by atomic mass is 9.86. The van der Waals surface area contributed by atoms with Crippen LogP contribution < -0.4 is 5.73 Å². The average Bonchev–Trinajstić information content (AvgIpc) is 2.57. The van der Waals surface area contributed by atoms with Gasteiger partial charge in [-0.05, 0) is 43.0 Å². The van der Waals surface area contributed by atoms with E-state index in [9.17, 15) is 0 Å². The molecule has 0 spiro atoms. The van der Waals surface area contributed by atoms with Crippen molar-refractivity contribution in [1.29, 1.82) is 0 Å². The first-order valence-electron chi connectivity index (χ1n) is 6.10. The van der Waals surface area contributed by atoms with Crippen LogP contribution >= 0.6 is 0 Å². The van der Waals surface area contributed by atoms with E-state index in [0.717, 1.165) is 11.2 Å². The largest absolute Gasteiger partial charge is 0.357 e. The molecule has 92 valence electrons. The molecular formula is C15H22N2. The van der Waals surface area contributed by atoms with Crippen molar-refractivity contribution in [2.24, 2.45) is 5.73 Å². The molecule has 3 N–H and O–H groups in total. The van der Waals surface area contributed by atoms with Crippen LogP contribution in [0.2, 0.25) is 0 Å². The van der Waals surface area contributed by atoms with Crippen LogP contribution in [0.1, 0.15) is 45.9 Å². The summed E-state index contributed by atoms with van der Waals surface area (Å²) >= 11 is 0. The minimum atomic E-state index is -0.319. The van der Waals surface area contributed by atoms with Gasteiger partial charge in [0.2, 0.25) is 0 Å². The van der Waals surface area contributed by atoms with Crippen LogP contribution in [0.25, 0.3) is 10.9 Å². The Bertz CT molecular complexity index is 524. The highest BCUT2D eigenvalue weighted by molar-refractivity contribution is 5.81. The normalized spacial score (nSPS) is 13.3. The Morgan fingerprint density at radius 1 is 1.00 bits per heavy atom. The van der Waals surface area contributed by atoms with Gasteiger partial charge in [0, 0.05) is 16.6 Å². The monoisotopic (exact) mass is 230 g/mol. The molecule has 1 aromatic heterocycles. The number of aromatic nitrogens is 1. The summed E-state index contributed by atoms with van der Waals surface area (Å²) in [5.41, 5.74) is 9.57. The Morgan fingerprint density at radius 2 is 1.65 bits per heavy atom. The van der Waals surface area contributed by atoms with E-state index in [2.05, 4.69) is 50.0 Å². The fourth-order valence-electron chi connectivity index (χ4n) is 1.95. The van der Waals surface area contributed by atoms with Crippen molar-refractivity contribution in [1.82, 2.24) is 4.98 Å². The highest BCUT2D eigenvalue weighted by atomic mass is 14.8. The Hall–Kier alpha value is -1.28. The Morgan fingerprint density at radius 3 is 2.18 bits per heavy atom. The van der Waals surface area contributed by atoms with E-state index in [0.29, 0.717) is 0 Å². The molecule has 0 bridgehead atoms. The number of nitrogens with one attached hydrogen (secondary N) is 1. The molecule has 1 heterocycles. The molecule has 0 saturated carbocycles. The second-order valence-corrected chi connectivity index (χ2v) is 6.46. The number of nitrogens with two attached hydrogens (primary N) is 1. The smallest absolute Gasteiger partial charge is 0.0504 e. The third kappa shape index (κ3) is 2.37. The quantitative estimate of drug-likeness (QED) is 0.771. The van der Waals surface area contributed by atoms with E-state index in [1.54, 1.807) is 0 Å². The molecule has 2 rings (SSSR count). The van der Waals surface area contributed by atoms with Gasteiger partial charge in [-0.2, -0.15) is 0 Å². The topological polar surface area (TPSA) is 41.8 Å². The maximum atomic E-state index is 6.11. The fourth-order valence-corrected chi connectivity index (χ4v) is 1.95. The lowest BCUT2D eigenvalue weighted by Gasteiger charge is -2.18. The van der Waals surface area contributed by atoms with E-state index in [4.69, 9.17) is 5.73 Å². The molecule has 2 aromatic rings. The third-order valence-corrected chi connectivity index (χ3v) is 3.18. The predicted molar refractivity (Wildman–Crippen MR) is 74.2 cm³/mol.